The summed E-state index contributed by atoms with van der Waals surface area (Å²) < 4.78 is 8.38. The number of carbonyl (C=O) groups excluding carboxylic acids is 4. The molecule has 13 nitrogen and oxygen atoms in total. The maximum Gasteiger partial charge on any atom is 0.226 e. The summed E-state index contributed by atoms with van der Waals surface area (Å²) in [4.78, 5) is 63.5. The van der Waals surface area contributed by atoms with Crippen LogP contribution in [-0.4, -0.2) is 103 Å². The number of piperidine rings is 1. The van der Waals surface area contributed by atoms with E-state index in [-0.39, 0.29) is 38.3 Å². The molecule has 0 radical (unpaired) electrons. The van der Waals surface area contributed by atoms with Gasteiger partial charge in [0.05, 0.1) is 43.1 Å². The molecule has 3 heterocycles. The minimum atomic E-state index is -1.09. The minimum absolute atomic E-state index is 0.0694. The lowest BCUT2D eigenvalue weighted by atomic mass is 9.81. The Hall–Kier alpha value is -5.60. The number of hydrogen-bond acceptors (Lipinski definition) is 9. The predicted octanol–water partition coefficient (Wildman–Crippen LogP) is 6.91. The second kappa shape index (κ2) is 20.5. The summed E-state index contributed by atoms with van der Waals surface area (Å²) in [6, 6.07) is 28.4. The van der Waals surface area contributed by atoms with Gasteiger partial charge in [-0.3, -0.25) is 19.2 Å². The van der Waals surface area contributed by atoms with Gasteiger partial charge in [-0.2, -0.15) is 0 Å². The fraction of sp³-hybridized carbons (Fsp3) is 0.388. The number of ketones is 1. The zero-order chi connectivity index (χ0) is 45.5. The summed E-state index contributed by atoms with van der Waals surface area (Å²) in [6.45, 7) is 2.24. The lowest BCUT2D eigenvalue weighted by Gasteiger charge is -2.45. The van der Waals surface area contributed by atoms with Crippen LogP contribution < -0.4 is 10.1 Å². The number of Topliss-reactive ketones (excluding diaryl/α,β-unsaturated/α-hetero) is 1. The van der Waals surface area contributed by atoms with Crippen molar-refractivity contribution in [3.05, 3.63) is 130 Å². The molecule has 336 valence electrons. The number of fused-ring (bicyclic) bond motifs is 2. The third-order valence-electron chi connectivity index (χ3n) is 12.3. The summed E-state index contributed by atoms with van der Waals surface area (Å²) in [5.41, 5.74) is 2.31. The number of aliphatic hydroxyl groups excluding tert-OH is 1. The molecule has 5 aromatic rings. The van der Waals surface area contributed by atoms with Crippen LogP contribution in [0.25, 0.3) is 11.4 Å². The third kappa shape index (κ3) is 11.2. The standard InChI is InChI=1S/C49H55Cl2N7O6/c1-32-42(60)24-38(30-59)47(62)52-49(27-34-11-16-39(50)17-12-34)21-8-22-57(31-49)48(63)37(23-33-9-6-5-7-10-33)25-45(61)58(32)28-36-13-18-40(51)26-43(36)64-41-19-14-35(15-20-41)46-54-53-44(56(46)4)29-55(2)3/h5-7,9-20,26,32,37-38,59H,8,21-25,27-31H2,1-4H3,(H,52,62)/t32-,37+,38-,49+/m0/s1. The molecular weight excluding hydrogens is 853 g/mol. The van der Waals surface area contributed by atoms with Gasteiger partial charge in [-0.25, -0.2) is 0 Å². The summed E-state index contributed by atoms with van der Waals surface area (Å²) in [5, 5.41) is 23.5. The van der Waals surface area contributed by atoms with Crippen molar-refractivity contribution in [2.45, 2.75) is 70.1 Å². The molecule has 4 atom stereocenters. The quantitative estimate of drug-likeness (QED) is 0.136. The van der Waals surface area contributed by atoms with E-state index in [1.807, 2.05) is 97.3 Å². The molecule has 0 unspecified atom stereocenters. The Morgan fingerprint density at radius 2 is 1.59 bits per heavy atom. The van der Waals surface area contributed by atoms with Crippen LogP contribution in [0.5, 0.6) is 11.5 Å². The van der Waals surface area contributed by atoms with Crippen molar-refractivity contribution in [2.75, 3.05) is 33.8 Å². The number of amides is 3. The molecule has 2 saturated heterocycles. The Balaban J connectivity index is 1.20. The number of benzene rings is 4. The SMILES string of the molecule is C[C@H]1C(=O)C[C@@H](CO)C(=O)N[C@@]2(Cc3ccc(Cl)cc3)CCCN(C2)C(=O)[C@H](Cc2ccccc2)CC(=O)N1Cc1ccc(Cl)cc1Oc1ccc(-c2nnc(CN(C)C)n2C)cc1. The van der Waals surface area contributed by atoms with E-state index < -0.39 is 47.6 Å². The van der Waals surface area contributed by atoms with Crippen LogP contribution in [-0.2, 0) is 52.2 Å². The van der Waals surface area contributed by atoms with Crippen LogP contribution in [0.4, 0.5) is 0 Å². The molecule has 3 amide bonds. The van der Waals surface area contributed by atoms with E-state index in [9.17, 15) is 24.3 Å². The van der Waals surface area contributed by atoms with Crippen molar-refractivity contribution in [1.29, 1.82) is 0 Å². The summed E-state index contributed by atoms with van der Waals surface area (Å²) >= 11 is 12.8. The van der Waals surface area contributed by atoms with Gasteiger partial charge in [-0.1, -0.05) is 71.7 Å². The highest BCUT2D eigenvalue weighted by Gasteiger charge is 2.43. The maximum atomic E-state index is 14.9. The Labute approximate surface area is 384 Å². The van der Waals surface area contributed by atoms with Crippen LogP contribution in [0.2, 0.25) is 10.0 Å². The fourth-order valence-corrected chi connectivity index (χ4v) is 9.02. The second-order valence-electron chi connectivity index (χ2n) is 17.4. The van der Waals surface area contributed by atoms with E-state index in [0.29, 0.717) is 65.3 Å². The van der Waals surface area contributed by atoms with Gasteiger partial charge in [0.2, 0.25) is 17.7 Å². The van der Waals surface area contributed by atoms with Gasteiger partial charge in [0.1, 0.15) is 17.3 Å². The molecule has 1 aromatic heterocycles. The molecule has 15 heteroatoms. The molecule has 0 aliphatic carbocycles. The molecule has 64 heavy (non-hydrogen) atoms. The first-order valence-corrected chi connectivity index (χ1v) is 22.4. The zero-order valence-corrected chi connectivity index (χ0v) is 38.2. The van der Waals surface area contributed by atoms with Crippen LogP contribution >= 0.6 is 23.2 Å². The summed E-state index contributed by atoms with van der Waals surface area (Å²) in [5.74, 6) is -1.000. The smallest absolute Gasteiger partial charge is 0.226 e. The molecular formula is C49H55Cl2N7O6. The predicted molar refractivity (Wildman–Crippen MR) is 246 cm³/mol. The van der Waals surface area contributed by atoms with E-state index in [1.54, 1.807) is 42.2 Å². The third-order valence-corrected chi connectivity index (χ3v) is 12.7. The van der Waals surface area contributed by atoms with Gasteiger partial charge in [-0.05, 0) is 106 Å². The molecule has 0 saturated carbocycles. The van der Waals surface area contributed by atoms with Gasteiger partial charge < -0.3 is 34.4 Å². The monoisotopic (exact) mass is 907 g/mol. The molecule has 2 aliphatic heterocycles. The Morgan fingerprint density at radius 1 is 0.875 bits per heavy atom. The summed E-state index contributed by atoms with van der Waals surface area (Å²) in [6.07, 6.45) is 1.37. The Kier molecular flexibility index (Phi) is 14.9. The highest BCUT2D eigenvalue weighted by atomic mass is 35.5. The second-order valence-corrected chi connectivity index (χ2v) is 18.3. The number of aromatic nitrogens is 3. The van der Waals surface area contributed by atoms with Crippen LogP contribution in [0.3, 0.4) is 0 Å². The van der Waals surface area contributed by atoms with Gasteiger partial charge in [0.25, 0.3) is 0 Å². The molecule has 0 spiro atoms. The molecule has 7 rings (SSSR count). The first-order valence-electron chi connectivity index (χ1n) is 21.6. The molecule has 4 aromatic carbocycles. The van der Waals surface area contributed by atoms with Crippen LogP contribution in [0.1, 0.15) is 55.1 Å². The van der Waals surface area contributed by atoms with Gasteiger partial charge in [-0.15, -0.1) is 10.2 Å². The molecule has 2 fully saturated rings. The Morgan fingerprint density at radius 3 is 2.30 bits per heavy atom. The van der Waals surface area contributed by atoms with Gasteiger partial charge in [0, 0.05) is 54.2 Å². The minimum Gasteiger partial charge on any atom is -0.457 e. The van der Waals surface area contributed by atoms with Crippen molar-refractivity contribution < 1.29 is 29.0 Å². The first-order chi connectivity index (χ1) is 30.7. The van der Waals surface area contributed by atoms with Crippen molar-refractivity contribution in [3.8, 4) is 22.9 Å². The normalized spacial score (nSPS) is 21.2. The topological polar surface area (TPSA) is 150 Å². The lowest BCUT2D eigenvalue weighted by Crippen LogP contribution is -2.63. The van der Waals surface area contributed by atoms with Gasteiger partial charge in [0.15, 0.2) is 11.6 Å². The number of rotatable bonds is 12. The van der Waals surface area contributed by atoms with Crippen molar-refractivity contribution >= 4 is 46.7 Å². The summed E-state index contributed by atoms with van der Waals surface area (Å²) in [7, 11) is 5.86. The van der Waals surface area contributed by atoms with Crippen molar-refractivity contribution in [1.82, 2.24) is 34.8 Å². The van der Waals surface area contributed by atoms with Gasteiger partial charge >= 0.3 is 0 Å². The fourth-order valence-electron chi connectivity index (χ4n) is 8.74. The van der Waals surface area contributed by atoms with Crippen LogP contribution in [0, 0.1) is 11.8 Å². The zero-order valence-electron chi connectivity index (χ0n) is 36.7. The van der Waals surface area contributed by atoms with E-state index in [0.717, 1.165) is 22.5 Å². The van der Waals surface area contributed by atoms with E-state index in [1.165, 1.54) is 4.90 Å². The van der Waals surface area contributed by atoms with Crippen molar-refractivity contribution in [3.63, 3.8) is 0 Å². The largest absolute Gasteiger partial charge is 0.457 e. The number of aliphatic hydroxyl groups is 1. The highest BCUT2D eigenvalue weighted by Crippen LogP contribution is 2.34. The highest BCUT2D eigenvalue weighted by molar-refractivity contribution is 6.31. The lowest BCUT2D eigenvalue weighted by molar-refractivity contribution is -0.147. The van der Waals surface area contributed by atoms with Crippen LogP contribution in [0.15, 0.2) is 97.1 Å². The molecule has 2 bridgehead atoms. The van der Waals surface area contributed by atoms with E-state index in [4.69, 9.17) is 27.9 Å². The number of halogens is 2. The average Bonchev–Trinajstić information content (AvgIpc) is 3.63. The van der Waals surface area contributed by atoms with Crippen molar-refractivity contribution in [2.24, 2.45) is 18.9 Å². The number of nitrogens with one attached hydrogen (secondary N) is 1. The Bertz CT molecular complexity index is 2450. The molecule has 2 aliphatic rings. The van der Waals surface area contributed by atoms with E-state index >= 15 is 0 Å². The van der Waals surface area contributed by atoms with E-state index in [2.05, 4.69) is 15.5 Å². The number of ether oxygens (including phenoxy) is 1. The molecule has 2 N–H and O–H groups in total. The first kappa shape index (κ1) is 46.4. The maximum absolute atomic E-state index is 14.9. The number of nitrogens with zero attached hydrogens (tertiary/aromatic N) is 6. The average molecular weight is 909 g/mol. The number of carbonyl (C=O) groups is 4. The number of hydrogen-bond donors (Lipinski definition) is 2.